The van der Waals surface area contributed by atoms with Crippen LogP contribution in [0.4, 0.5) is 14.9 Å². The number of thioether (sulfide) groups is 1. The first-order valence-corrected chi connectivity index (χ1v) is 13.7. The fourth-order valence-electron chi connectivity index (χ4n) is 4.02. The molecule has 7 nitrogen and oxygen atoms in total. The second kappa shape index (κ2) is 12.5. The number of halogens is 2. The molecule has 0 bridgehead atoms. The predicted octanol–water partition coefficient (Wildman–Crippen LogP) is 6.86. The molecule has 1 heterocycles. The lowest BCUT2D eigenvalue weighted by Crippen LogP contribution is -2.36. The van der Waals surface area contributed by atoms with Crippen LogP contribution in [0.25, 0.3) is 6.08 Å². The van der Waals surface area contributed by atoms with Crippen molar-refractivity contribution < 1.29 is 28.2 Å². The number of benzene rings is 3. The van der Waals surface area contributed by atoms with Crippen molar-refractivity contribution >= 4 is 56.5 Å². The van der Waals surface area contributed by atoms with E-state index >= 15 is 0 Å². The summed E-state index contributed by atoms with van der Waals surface area (Å²) in [6.07, 6.45) is 1.56. The number of carbonyl (C=O) groups excluding carboxylic acids is 3. The largest absolute Gasteiger partial charge is 0.490 e. The van der Waals surface area contributed by atoms with Crippen LogP contribution in [0.15, 0.2) is 64.0 Å². The van der Waals surface area contributed by atoms with Crippen LogP contribution in [0.1, 0.15) is 29.2 Å². The van der Waals surface area contributed by atoms with Gasteiger partial charge in [0.1, 0.15) is 19.0 Å². The second-order valence-corrected chi connectivity index (χ2v) is 10.7. The highest BCUT2D eigenvalue weighted by atomic mass is 79.9. The highest BCUT2D eigenvalue weighted by Gasteiger charge is 2.36. The molecule has 1 fully saturated rings. The zero-order valence-corrected chi connectivity index (χ0v) is 23.9. The van der Waals surface area contributed by atoms with Crippen molar-refractivity contribution in [1.82, 2.24) is 4.90 Å². The Labute approximate surface area is 238 Å². The van der Waals surface area contributed by atoms with Gasteiger partial charge in [-0.2, -0.15) is 0 Å². The Balaban J connectivity index is 1.50. The zero-order chi connectivity index (χ0) is 28.1. The fourth-order valence-corrected chi connectivity index (χ4v) is 5.43. The maximum absolute atomic E-state index is 14.0. The van der Waals surface area contributed by atoms with E-state index in [1.54, 1.807) is 36.4 Å². The van der Waals surface area contributed by atoms with Gasteiger partial charge >= 0.3 is 0 Å². The number of rotatable bonds is 9. The predicted molar refractivity (Wildman–Crippen MR) is 153 cm³/mol. The Morgan fingerprint density at radius 3 is 2.49 bits per heavy atom. The van der Waals surface area contributed by atoms with Gasteiger partial charge in [-0.3, -0.25) is 19.3 Å². The summed E-state index contributed by atoms with van der Waals surface area (Å²) in [4.78, 5) is 39.3. The van der Waals surface area contributed by atoms with Crippen LogP contribution in [-0.4, -0.2) is 35.1 Å². The Morgan fingerprint density at radius 1 is 1.08 bits per heavy atom. The summed E-state index contributed by atoms with van der Waals surface area (Å²) in [5.41, 5.74) is 3.55. The molecule has 1 saturated heterocycles. The number of hydrogen-bond acceptors (Lipinski definition) is 6. The van der Waals surface area contributed by atoms with Crippen LogP contribution in [-0.2, 0) is 16.2 Å². The van der Waals surface area contributed by atoms with Gasteiger partial charge in [0.05, 0.1) is 16.0 Å². The van der Waals surface area contributed by atoms with E-state index in [1.807, 2.05) is 39.0 Å². The van der Waals surface area contributed by atoms with Crippen LogP contribution in [0.2, 0.25) is 0 Å². The lowest BCUT2D eigenvalue weighted by Gasteiger charge is -2.15. The quantitative estimate of drug-likeness (QED) is 0.266. The molecule has 0 aliphatic carbocycles. The number of nitrogens with zero attached hydrogens (tertiary/aromatic N) is 1. The van der Waals surface area contributed by atoms with E-state index in [9.17, 15) is 18.8 Å². The molecule has 0 saturated carbocycles. The minimum atomic E-state index is -0.561. The molecule has 0 spiro atoms. The second-order valence-electron chi connectivity index (χ2n) is 8.84. The third-order valence-electron chi connectivity index (χ3n) is 5.64. The molecular formula is C29H26BrFN2O5S. The van der Waals surface area contributed by atoms with E-state index in [0.29, 0.717) is 39.4 Å². The van der Waals surface area contributed by atoms with E-state index < -0.39 is 23.6 Å². The highest BCUT2D eigenvalue weighted by molar-refractivity contribution is 9.10. The summed E-state index contributed by atoms with van der Waals surface area (Å²) >= 11 is 4.23. The van der Waals surface area contributed by atoms with Gasteiger partial charge < -0.3 is 14.8 Å². The minimum absolute atomic E-state index is 0.00618. The van der Waals surface area contributed by atoms with Crippen LogP contribution in [0.3, 0.4) is 0 Å². The number of aryl methyl sites for hydroxylation is 2. The maximum atomic E-state index is 14.0. The number of nitrogens with one attached hydrogen (secondary N) is 1. The van der Waals surface area contributed by atoms with Gasteiger partial charge in [0, 0.05) is 11.3 Å². The molecule has 1 aliphatic heterocycles. The molecular weight excluding hydrogens is 587 g/mol. The third kappa shape index (κ3) is 7.07. The Bertz CT molecular complexity index is 1460. The molecule has 202 valence electrons. The minimum Gasteiger partial charge on any atom is -0.490 e. The average molecular weight is 614 g/mol. The summed E-state index contributed by atoms with van der Waals surface area (Å²) in [5.74, 6) is -0.632. The monoisotopic (exact) mass is 612 g/mol. The Kier molecular flexibility index (Phi) is 9.08. The van der Waals surface area contributed by atoms with Crippen molar-refractivity contribution in [3.05, 3.63) is 92.0 Å². The molecule has 0 radical (unpaired) electrons. The van der Waals surface area contributed by atoms with Crippen LogP contribution in [0, 0.1) is 19.7 Å². The van der Waals surface area contributed by atoms with E-state index in [4.69, 9.17) is 9.47 Å². The summed E-state index contributed by atoms with van der Waals surface area (Å²) in [7, 11) is 0. The summed E-state index contributed by atoms with van der Waals surface area (Å²) in [6.45, 7) is 5.59. The molecule has 3 aromatic carbocycles. The topological polar surface area (TPSA) is 84.9 Å². The maximum Gasteiger partial charge on any atom is 0.294 e. The van der Waals surface area contributed by atoms with Crippen LogP contribution >= 0.6 is 27.7 Å². The smallest absolute Gasteiger partial charge is 0.294 e. The summed E-state index contributed by atoms with van der Waals surface area (Å²) in [6, 6.07) is 15.3. The molecule has 3 aromatic rings. The number of anilines is 1. The Morgan fingerprint density at radius 2 is 1.79 bits per heavy atom. The van der Waals surface area contributed by atoms with Crippen molar-refractivity contribution in [1.29, 1.82) is 0 Å². The van der Waals surface area contributed by atoms with Crippen molar-refractivity contribution in [2.75, 3.05) is 18.5 Å². The molecule has 0 atom stereocenters. The van der Waals surface area contributed by atoms with Crippen molar-refractivity contribution in [2.45, 2.75) is 27.4 Å². The first kappa shape index (κ1) is 28.4. The van der Waals surface area contributed by atoms with Crippen molar-refractivity contribution in [2.24, 2.45) is 0 Å². The standard InChI is InChI=1S/C29H26BrFN2O5S/c1-4-37-24-13-19(12-22(30)27(24)38-16-20-7-5-6-8-23(20)31)14-25-28(35)33(29(36)39-25)15-26(34)32-21-10-17(2)9-18(3)11-21/h5-14H,4,15-16H2,1-3H3,(H,32,34)/b25-14-. The van der Waals surface area contributed by atoms with Gasteiger partial charge in [-0.25, -0.2) is 4.39 Å². The van der Waals surface area contributed by atoms with E-state index in [1.165, 1.54) is 6.07 Å². The molecule has 1 aliphatic rings. The average Bonchev–Trinajstić information content (AvgIpc) is 3.11. The Hall–Kier alpha value is -3.63. The van der Waals surface area contributed by atoms with Crippen LogP contribution in [0.5, 0.6) is 11.5 Å². The number of amides is 3. The number of ether oxygens (including phenoxy) is 2. The van der Waals surface area contributed by atoms with E-state index in [2.05, 4.69) is 21.2 Å². The SMILES string of the molecule is CCOc1cc(/C=C2\SC(=O)N(CC(=O)Nc3cc(C)cc(C)c3)C2=O)cc(Br)c1OCc1ccccc1F. The lowest BCUT2D eigenvalue weighted by atomic mass is 10.1. The first-order valence-electron chi connectivity index (χ1n) is 12.1. The van der Waals surface area contributed by atoms with Gasteiger partial charge in [-0.15, -0.1) is 0 Å². The van der Waals surface area contributed by atoms with Gasteiger partial charge in [0.15, 0.2) is 11.5 Å². The first-order chi connectivity index (χ1) is 18.6. The van der Waals surface area contributed by atoms with Gasteiger partial charge in [-0.1, -0.05) is 24.3 Å². The van der Waals surface area contributed by atoms with Crippen molar-refractivity contribution in [3.63, 3.8) is 0 Å². The molecule has 4 rings (SSSR count). The zero-order valence-electron chi connectivity index (χ0n) is 21.5. The van der Waals surface area contributed by atoms with E-state index in [-0.39, 0.29) is 17.3 Å². The molecule has 1 N–H and O–H groups in total. The van der Waals surface area contributed by atoms with Crippen LogP contribution < -0.4 is 14.8 Å². The molecule has 0 unspecified atom stereocenters. The van der Waals surface area contributed by atoms with Gasteiger partial charge in [0.2, 0.25) is 5.91 Å². The van der Waals surface area contributed by atoms with Crippen molar-refractivity contribution in [3.8, 4) is 11.5 Å². The number of imide groups is 1. The normalized spacial score (nSPS) is 14.2. The van der Waals surface area contributed by atoms with E-state index in [0.717, 1.165) is 27.8 Å². The molecule has 10 heteroatoms. The lowest BCUT2D eigenvalue weighted by molar-refractivity contribution is -0.127. The molecule has 39 heavy (non-hydrogen) atoms. The summed E-state index contributed by atoms with van der Waals surface area (Å²) < 4.78 is 26.2. The molecule has 0 aromatic heterocycles. The summed E-state index contributed by atoms with van der Waals surface area (Å²) in [5, 5.41) is 2.21. The highest BCUT2D eigenvalue weighted by Crippen LogP contribution is 2.40. The number of carbonyl (C=O) groups is 3. The third-order valence-corrected chi connectivity index (χ3v) is 7.14. The van der Waals surface area contributed by atoms with Gasteiger partial charge in [0.25, 0.3) is 11.1 Å². The van der Waals surface area contributed by atoms with Gasteiger partial charge in [-0.05, 0) is 102 Å². The fraction of sp³-hybridized carbons (Fsp3) is 0.207. The molecule has 3 amide bonds. The number of hydrogen-bond donors (Lipinski definition) is 1.